The molecule has 1 aromatic heterocycles. The fraction of sp³-hybridized carbons (Fsp3) is 0.500. The molecule has 0 saturated heterocycles. The second kappa shape index (κ2) is 8.94. The van der Waals surface area contributed by atoms with Crippen LogP contribution in [-0.2, 0) is 10.0 Å². The van der Waals surface area contributed by atoms with E-state index in [9.17, 15) is 12.8 Å². The lowest BCUT2D eigenvalue weighted by molar-refractivity contribution is 0.251. The molecule has 2 aromatic rings. The monoisotopic (exact) mass is 446 g/mol. The SMILES string of the molecule is CN(C)C1CCCCC[C@H]1Nc1cc(F)c(S(=O)(=O)Nc2nccs2)cc1Cl. The van der Waals surface area contributed by atoms with Gasteiger partial charge < -0.3 is 10.2 Å². The fourth-order valence-electron chi connectivity index (χ4n) is 3.56. The Morgan fingerprint density at radius 3 is 2.68 bits per heavy atom. The standard InChI is InChI=1S/C18H24ClFN4O2S2/c1-24(2)16-7-5-3-4-6-14(16)22-15-11-13(20)17(10-12(15)19)28(25,26)23-18-21-8-9-27-18/h8-11,14,16,22H,3-7H2,1-2H3,(H,21,23)/t14-,16?/m1/s1. The molecule has 1 fully saturated rings. The number of benzene rings is 1. The average molecular weight is 447 g/mol. The Balaban J connectivity index is 1.85. The number of thiazole rings is 1. The summed E-state index contributed by atoms with van der Waals surface area (Å²) in [7, 11) is -0.0448. The fourth-order valence-corrected chi connectivity index (χ4v) is 5.72. The minimum absolute atomic E-state index is 0.116. The minimum atomic E-state index is -4.11. The van der Waals surface area contributed by atoms with Gasteiger partial charge in [0.25, 0.3) is 10.0 Å². The molecule has 1 heterocycles. The summed E-state index contributed by atoms with van der Waals surface area (Å²) in [6.45, 7) is 0. The van der Waals surface area contributed by atoms with E-state index >= 15 is 0 Å². The van der Waals surface area contributed by atoms with E-state index in [0.717, 1.165) is 49.2 Å². The molecule has 1 unspecified atom stereocenters. The third-order valence-electron chi connectivity index (χ3n) is 4.95. The van der Waals surface area contributed by atoms with Gasteiger partial charge in [-0.2, -0.15) is 0 Å². The summed E-state index contributed by atoms with van der Waals surface area (Å²) in [5.41, 5.74) is 0.408. The first-order valence-electron chi connectivity index (χ1n) is 9.12. The van der Waals surface area contributed by atoms with Crippen LogP contribution in [0.5, 0.6) is 0 Å². The summed E-state index contributed by atoms with van der Waals surface area (Å²) in [5.74, 6) is -0.856. The van der Waals surface area contributed by atoms with Gasteiger partial charge in [-0.25, -0.2) is 17.8 Å². The highest BCUT2D eigenvalue weighted by molar-refractivity contribution is 7.93. The van der Waals surface area contributed by atoms with Crippen molar-refractivity contribution in [2.75, 3.05) is 24.1 Å². The lowest BCUT2D eigenvalue weighted by Crippen LogP contribution is -2.42. The van der Waals surface area contributed by atoms with Crippen LogP contribution in [0, 0.1) is 5.82 Å². The largest absolute Gasteiger partial charge is 0.379 e. The zero-order valence-corrected chi connectivity index (χ0v) is 18.2. The first-order valence-corrected chi connectivity index (χ1v) is 11.9. The summed E-state index contributed by atoms with van der Waals surface area (Å²) in [6.07, 6.45) is 6.88. The number of likely N-dealkylation sites (N-methyl/N-ethyl adjacent to an activating group) is 1. The van der Waals surface area contributed by atoms with E-state index < -0.39 is 20.7 Å². The predicted molar refractivity (Wildman–Crippen MR) is 112 cm³/mol. The van der Waals surface area contributed by atoms with Crippen molar-refractivity contribution < 1.29 is 12.8 Å². The Bertz CT molecular complexity index is 907. The molecule has 3 rings (SSSR count). The van der Waals surface area contributed by atoms with Gasteiger partial charge in [-0.3, -0.25) is 4.72 Å². The number of nitrogens with zero attached hydrogens (tertiary/aromatic N) is 2. The Labute approximate surface area is 174 Å². The first-order chi connectivity index (χ1) is 13.3. The number of hydrogen-bond donors (Lipinski definition) is 2. The van der Waals surface area contributed by atoms with Crippen LogP contribution in [0.15, 0.2) is 28.6 Å². The van der Waals surface area contributed by atoms with Crippen LogP contribution in [0.2, 0.25) is 5.02 Å². The molecular formula is C18H24ClFN4O2S2. The smallest absolute Gasteiger partial charge is 0.266 e. The van der Waals surface area contributed by atoms with Gasteiger partial charge in [0.15, 0.2) is 5.13 Å². The second-order valence-electron chi connectivity index (χ2n) is 7.13. The van der Waals surface area contributed by atoms with Gasteiger partial charge in [0.05, 0.1) is 10.7 Å². The highest BCUT2D eigenvalue weighted by atomic mass is 35.5. The van der Waals surface area contributed by atoms with E-state index in [2.05, 4.69) is 19.9 Å². The Morgan fingerprint density at radius 2 is 2.00 bits per heavy atom. The van der Waals surface area contributed by atoms with E-state index in [1.807, 2.05) is 14.1 Å². The normalized spacial score (nSPS) is 20.8. The molecule has 28 heavy (non-hydrogen) atoms. The molecular weight excluding hydrogens is 423 g/mol. The van der Waals surface area contributed by atoms with Crippen LogP contribution in [0.1, 0.15) is 32.1 Å². The van der Waals surface area contributed by atoms with Crippen LogP contribution in [0.3, 0.4) is 0 Å². The molecule has 0 aliphatic heterocycles. The van der Waals surface area contributed by atoms with Gasteiger partial charge in [0, 0.05) is 23.7 Å². The summed E-state index contributed by atoms with van der Waals surface area (Å²) in [6, 6.07) is 2.73. The maximum absolute atomic E-state index is 14.7. The maximum atomic E-state index is 14.7. The average Bonchev–Trinajstić information content (AvgIpc) is 3.00. The number of nitrogens with one attached hydrogen (secondary N) is 2. The third-order valence-corrected chi connectivity index (χ3v) is 7.43. The van der Waals surface area contributed by atoms with Crippen LogP contribution < -0.4 is 10.0 Å². The van der Waals surface area contributed by atoms with Gasteiger partial charge >= 0.3 is 0 Å². The maximum Gasteiger partial charge on any atom is 0.266 e. The van der Waals surface area contributed by atoms with Gasteiger partial charge in [0.1, 0.15) is 10.7 Å². The van der Waals surface area contributed by atoms with E-state index in [1.54, 1.807) is 5.38 Å². The number of anilines is 2. The van der Waals surface area contributed by atoms with Gasteiger partial charge in [-0.15, -0.1) is 11.3 Å². The first kappa shape index (κ1) is 21.3. The zero-order chi connectivity index (χ0) is 20.3. The Morgan fingerprint density at radius 1 is 1.25 bits per heavy atom. The number of hydrogen-bond acceptors (Lipinski definition) is 6. The molecule has 0 bridgehead atoms. The number of halogens is 2. The molecule has 10 heteroatoms. The number of sulfonamides is 1. The van der Waals surface area contributed by atoms with Crippen molar-refractivity contribution in [3.8, 4) is 0 Å². The minimum Gasteiger partial charge on any atom is -0.379 e. The van der Waals surface area contributed by atoms with Crippen molar-refractivity contribution in [3.63, 3.8) is 0 Å². The van der Waals surface area contributed by atoms with Crippen LogP contribution in [0.25, 0.3) is 0 Å². The lowest BCUT2D eigenvalue weighted by Gasteiger charge is -2.32. The summed E-state index contributed by atoms with van der Waals surface area (Å²) in [4.78, 5) is 5.54. The molecule has 0 amide bonds. The van der Waals surface area contributed by atoms with Crippen molar-refractivity contribution in [1.82, 2.24) is 9.88 Å². The van der Waals surface area contributed by atoms with E-state index in [0.29, 0.717) is 11.7 Å². The van der Waals surface area contributed by atoms with Crippen LogP contribution >= 0.6 is 22.9 Å². The van der Waals surface area contributed by atoms with Crippen molar-refractivity contribution in [2.45, 2.75) is 49.1 Å². The molecule has 2 atom stereocenters. The molecule has 154 valence electrons. The van der Waals surface area contributed by atoms with Crippen molar-refractivity contribution in [2.24, 2.45) is 0 Å². The van der Waals surface area contributed by atoms with E-state index in [4.69, 9.17) is 11.6 Å². The molecule has 1 aromatic carbocycles. The van der Waals surface area contributed by atoms with Crippen molar-refractivity contribution in [1.29, 1.82) is 0 Å². The molecule has 2 N–H and O–H groups in total. The lowest BCUT2D eigenvalue weighted by atomic mass is 10.0. The third kappa shape index (κ3) is 4.94. The van der Waals surface area contributed by atoms with Crippen LogP contribution in [0.4, 0.5) is 15.2 Å². The molecule has 1 aliphatic carbocycles. The summed E-state index contributed by atoms with van der Waals surface area (Å²) in [5, 5.41) is 5.31. The predicted octanol–water partition coefficient (Wildman–Crippen LogP) is 4.41. The van der Waals surface area contributed by atoms with Gasteiger partial charge in [-0.1, -0.05) is 30.9 Å². The van der Waals surface area contributed by atoms with E-state index in [1.165, 1.54) is 12.6 Å². The Kier molecular flexibility index (Phi) is 6.80. The molecule has 6 nitrogen and oxygen atoms in total. The topological polar surface area (TPSA) is 74.3 Å². The Hall–Kier alpha value is -1.42. The molecule has 0 spiro atoms. The molecule has 1 saturated carbocycles. The van der Waals surface area contributed by atoms with Gasteiger partial charge in [0.2, 0.25) is 0 Å². The van der Waals surface area contributed by atoms with Gasteiger partial charge in [-0.05, 0) is 39.1 Å². The summed E-state index contributed by atoms with van der Waals surface area (Å²) >= 11 is 7.44. The second-order valence-corrected chi connectivity index (χ2v) is 10.1. The van der Waals surface area contributed by atoms with Crippen molar-refractivity contribution >= 4 is 43.8 Å². The number of rotatable bonds is 6. The highest BCUT2D eigenvalue weighted by Gasteiger charge is 2.27. The van der Waals surface area contributed by atoms with Crippen LogP contribution in [-0.4, -0.2) is 44.5 Å². The molecule has 1 aliphatic rings. The number of aromatic nitrogens is 1. The highest BCUT2D eigenvalue weighted by Crippen LogP contribution is 2.32. The molecule has 0 radical (unpaired) electrons. The van der Waals surface area contributed by atoms with E-state index in [-0.39, 0.29) is 16.2 Å². The zero-order valence-electron chi connectivity index (χ0n) is 15.8. The quantitative estimate of drug-likeness (QED) is 0.643. The van der Waals surface area contributed by atoms with Crippen molar-refractivity contribution in [3.05, 3.63) is 34.5 Å². The summed E-state index contributed by atoms with van der Waals surface area (Å²) < 4.78 is 41.9.